The van der Waals surface area contributed by atoms with E-state index in [0.717, 1.165) is 12.2 Å². The minimum Gasteiger partial charge on any atom is -0.379 e. The zero-order chi connectivity index (χ0) is 11.4. The maximum Gasteiger partial charge on any atom is 0.0594 e. The van der Waals surface area contributed by atoms with E-state index in [9.17, 15) is 0 Å². The fraction of sp³-hybridized carbons (Fsp3) is 0.214. The third-order valence-corrected chi connectivity index (χ3v) is 2.79. The van der Waals surface area contributed by atoms with Crippen molar-refractivity contribution in [3.63, 3.8) is 0 Å². The lowest BCUT2D eigenvalue weighted by Gasteiger charge is -2.10. The second-order valence-electron chi connectivity index (χ2n) is 3.92. The van der Waals surface area contributed by atoms with Crippen LogP contribution in [0.3, 0.4) is 0 Å². The second-order valence-corrected chi connectivity index (χ2v) is 3.92. The Morgan fingerprint density at radius 3 is 2.69 bits per heavy atom. The first kappa shape index (κ1) is 10.7. The van der Waals surface area contributed by atoms with Gasteiger partial charge in [-0.3, -0.25) is 4.98 Å². The fourth-order valence-corrected chi connectivity index (χ4v) is 1.63. The largest absolute Gasteiger partial charge is 0.379 e. The van der Waals surface area contributed by atoms with Gasteiger partial charge in [0.25, 0.3) is 0 Å². The summed E-state index contributed by atoms with van der Waals surface area (Å²) in [6.45, 7) is 5.03. The number of hydrogen-bond acceptors (Lipinski definition) is 2. The molecule has 0 saturated heterocycles. The highest BCUT2D eigenvalue weighted by Crippen LogP contribution is 2.18. The molecule has 0 amide bonds. The summed E-state index contributed by atoms with van der Waals surface area (Å²) in [4.78, 5) is 4.28. The number of nitrogens with zero attached hydrogens (tertiary/aromatic N) is 1. The zero-order valence-corrected chi connectivity index (χ0v) is 9.70. The maximum atomic E-state index is 4.28. The van der Waals surface area contributed by atoms with Crippen LogP contribution in [-0.4, -0.2) is 4.98 Å². The van der Waals surface area contributed by atoms with Crippen LogP contribution in [0.2, 0.25) is 0 Å². The van der Waals surface area contributed by atoms with Crippen LogP contribution >= 0.6 is 0 Å². The van der Waals surface area contributed by atoms with Crippen LogP contribution in [0.15, 0.2) is 42.6 Å². The first-order valence-corrected chi connectivity index (χ1v) is 5.47. The van der Waals surface area contributed by atoms with Gasteiger partial charge in [-0.05, 0) is 43.2 Å². The van der Waals surface area contributed by atoms with E-state index in [-0.39, 0.29) is 0 Å². The predicted molar refractivity (Wildman–Crippen MR) is 67.5 cm³/mol. The topological polar surface area (TPSA) is 24.9 Å². The Kier molecular flexibility index (Phi) is 3.20. The van der Waals surface area contributed by atoms with Gasteiger partial charge >= 0.3 is 0 Å². The quantitative estimate of drug-likeness (QED) is 0.844. The molecular formula is C14H16N2. The van der Waals surface area contributed by atoms with E-state index in [1.54, 1.807) is 0 Å². The van der Waals surface area contributed by atoms with Crippen molar-refractivity contribution in [1.82, 2.24) is 4.98 Å². The van der Waals surface area contributed by atoms with Gasteiger partial charge in [0, 0.05) is 11.9 Å². The summed E-state index contributed by atoms with van der Waals surface area (Å²) < 4.78 is 0. The van der Waals surface area contributed by atoms with Crippen LogP contribution in [0.4, 0.5) is 5.69 Å². The van der Waals surface area contributed by atoms with E-state index in [2.05, 4.69) is 42.3 Å². The molecule has 0 saturated carbocycles. The van der Waals surface area contributed by atoms with E-state index < -0.39 is 0 Å². The molecule has 0 aliphatic carbocycles. The zero-order valence-electron chi connectivity index (χ0n) is 9.70. The van der Waals surface area contributed by atoms with Gasteiger partial charge in [-0.2, -0.15) is 0 Å². The molecule has 2 nitrogen and oxygen atoms in total. The lowest BCUT2D eigenvalue weighted by atomic mass is 10.1. The van der Waals surface area contributed by atoms with Crippen LogP contribution in [0.5, 0.6) is 0 Å². The van der Waals surface area contributed by atoms with Crippen LogP contribution in [0.25, 0.3) is 0 Å². The molecule has 0 radical (unpaired) electrons. The Balaban J connectivity index is 2.08. The number of anilines is 1. The third-order valence-electron chi connectivity index (χ3n) is 2.79. The highest BCUT2D eigenvalue weighted by molar-refractivity contribution is 5.53. The molecule has 0 unspecified atom stereocenters. The molecule has 2 rings (SSSR count). The highest BCUT2D eigenvalue weighted by atomic mass is 14.9. The van der Waals surface area contributed by atoms with Gasteiger partial charge in [0.2, 0.25) is 0 Å². The molecule has 0 bridgehead atoms. The van der Waals surface area contributed by atoms with Gasteiger partial charge in [-0.25, -0.2) is 0 Å². The van der Waals surface area contributed by atoms with E-state index >= 15 is 0 Å². The number of aryl methyl sites for hydroxylation is 1. The number of pyridine rings is 1. The van der Waals surface area contributed by atoms with Crippen molar-refractivity contribution >= 4 is 5.69 Å². The summed E-state index contributed by atoms with van der Waals surface area (Å²) in [6.07, 6.45) is 1.82. The molecule has 0 atom stereocenters. The third kappa shape index (κ3) is 2.40. The number of aromatic nitrogens is 1. The molecule has 1 aromatic heterocycles. The van der Waals surface area contributed by atoms with E-state index in [0.29, 0.717) is 0 Å². The molecule has 0 spiro atoms. The Hall–Kier alpha value is -1.83. The van der Waals surface area contributed by atoms with Crippen molar-refractivity contribution in [3.8, 4) is 0 Å². The van der Waals surface area contributed by atoms with Crippen LogP contribution in [0.1, 0.15) is 16.8 Å². The second kappa shape index (κ2) is 4.79. The number of rotatable bonds is 3. The van der Waals surface area contributed by atoms with Crippen LogP contribution in [0, 0.1) is 13.8 Å². The van der Waals surface area contributed by atoms with Crippen molar-refractivity contribution in [1.29, 1.82) is 0 Å². The number of nitrogens with one attached hydrogen (secondary N) is 1. The standard InChI is InChI=1S/C14H16N2/c1-11-6-5-8-14(12(11)2)16-10-13-7-3-4-9-15-13/h3-9,16H,10H2,1-2H3. The predicted octanol–water partition coefficient (Wildman–Crippen LogP) is 3.31. The minimum absolute atomic E-state index is 0.769. The summed E-state index contributed by atoms with van der Waals surface area (Å²) in [5.74, 6) is 0. The molecule has 0 fully saturated rings. The van der Waals surface area contributed by atoms with E-state index in [1.165, 1.54) is 16.8 Å². The Labute approximate surface area is 96.4 Å². The molecule has 16 heavy (non-hydrogen) atoms. The first-order chi connectivity index (χ1) is 7.77. The average Bonchev–Trinajstić information content (AvgIpc) is 2.32. The highest BCUT2D eigenvalue weighted by Gasteiger charge is 2.00. The Morgan fingerprint density at radius 1 is 1.06 bits per heavy atom. The normalized spacial score (nSPS) is 10.1. The molecule has 1 N–H and O–H groups in total. The summed E-state index contributed by atoms with van der Waals surface area (Å²) in [6, 6.07) is 12.3. The van der Waals surface area contributed by atoms with Gasteiger partial charge in [0.15, 0.2) is 0 Å². The molecule has 1 aromatic carbocycles. The maximum absolute atomic E-state index is 4.28. The molecule has 0 aliphatic rings. The molecule has 82 valence electrons. The van der Waals surface area contributed by atoms with Crippen molar-refractivity contribution < 1.29 is 0 Å². The van der Waals surface area contributed by atoms with Crippen LogP contribution in [-0.2, 0) is 6.54 Å². The Morgan fingerprint density at radius 2 is 1.94 bits per heavy atom. The summed E-state index contributed by atoms with van der Waals surface area (Å²) in [7, 11) is 0. The number of hydrogen-bond donors (Lipinski definition) is 1. The van der Waals surface area contributed by atoms with E-state index in [4.69, 9.17) is 0 Å². The van der Waals surface area contributed by atoms with E-state index in [1.807, 2.05) is 24.4 Å². The van der Waals surface area contributed by atoms with Crippen molar-refractivity contribution in [2.45, 2.75) is 20.4 Å². The molecule has 2 heteroatoms. The molecule has 2 aromatic rings. The molecular weight excluding hydrogens is 196 g/mol. The minimum atomic E-state index is 0.769. The fourth-order valence-electron chi connectivity index (χ4n) is 1.63. The number of benzene rings is 1. The monoisotopic (exact) mass is 212 g/mol. The summed E-state index contributed by atoms with van der Waals surface area (Å²) in [5, 5.41) is 3.41. The Bertz CT molecular complexity index is 463. The van der Waals surface area contributed by atoms with Gasteiger partial charge in [-0.1, -0.05) is 18.2 Å². The molecule has 0 aliphatic heterocycles. The SMILES string of the molecule is Cc1cccc(NCc2ccccn2)c1C. The van der Waals surface area contributed by atoms with Gasteiger partial charge in [0.05, 0.1) is 12.2 Å². The summed E-state index contributed by atoms with van der Waals surface area (Å²) in [5.41, 5.74) is 4.86. The van der Waals surface area contributed by atoms with Crippen molar-refractivity contribution in [2.75, 3.05) is 5.32 Å². The van der Waals surface area contributed by atoms with Gasteiger partial charge in [-0.15, -0.1) is 0 Å². The van der Waals surface area contributed by atoms with Crippen molar-refractivity contribution in [3.05, 3.63) is 59.4 Å². The van der Waals surface area contributed by atoms with Crippen LogP contribution < -0.4 is 5.32 Å². The molecule has 1 heterocycles. The lowest BCUT2D eigenvalue weighted by molar-refractivity contribution is 1.04. The lowest BCUT2D eigenvalue weighted by Crippen LogP contribution is -2.03. The summed E-state index contributed by atoms with van der Waals surface area (Å²) >= 11 is 0. The smallest absolute Gasteiger partial charge is 0.0594 e. The first-order valence-electron chi connectivity index (χ1n) is 5.47. The van der Waals surface area contributed by atoms with Crippen molar-refractivity contribution in [2.24, 2.45) is 0 Å². The average molecular weight is 212 g/mol. The van der Waals surface area contributed by atoms with Gasteiger partial charge in [0.1, 0.15) is 0 Å². The van der Waals surface area contributed by atoms with Gasteiger partial charge < -0.3 is 5.32 Å².